The number of ether oxygens (including phenoxy) is 1. The molecule has 20 heavy (non-hydrogen) atoms. The summed E-state index contributed by atoms with van der Waals surface area (Å²) in [7, 11) is 1.63. The maximum Gasteiger partial charge on any atom is 0.199 e. The molecule has 102 valence electrons. The molecule has 0 aliphatic carbocycles. The summed E-state index contributed by atoms with van der Waals surface area (Å²) in [6, 6.07) is 7.68. The Balaban J connectivity index is 2.38. The van der Waals surface area contributed by atoms with Crippen molar-refractivity contribution in [2.75, 3.05) is 7.11 Å². The van der Waals surface area contributed by atoms with E-state index < -0.39 is 0 Å². The number of hydrogen-bond acceptors (Lipinski definition) is 4. The lowest BCUT2D eigenvalue weighted by Gasteiger charge is -2.09. The van der Waals surface area contributed by atoms with Gasteiger partial charge in [-0.2, -0.15) is 0 Å². The Morgan fingerprint density at radius 3 is 2.65 bits per heavy atom. The lowest BCUT2D eigenvalue weighted by Crippen LogP contribution is -2.01. The van der Waals surface area contributed by atoms with Crippen molar-refractivity contribution in [2.24, 2.45) is 0 Å². The zero-order valence-electron chi connectivity index (χ0n) is 11.4. The highest BCUT2D eigenvalue weighted by molar-refractivity contribution is 6.32. The van der Waals surface area contributed by atoms with Crippen molar-refractivity contribution in [3.63, 3.8) is 0 Å². The number of aryl methyl sites for hydroxylation is 2. The van der Waals surface area contributed by atoms with E-state index in [0.29, 0.717) is 16.6 Å². The number of halogens is 1. The minimum Gasteiger partial charge on any atom is -0.496 e. The van der Waals surface area contributed by atoms with Crippen molar-refractivity contribution in [2.45, 2.75) is 13.8 Å². The summed E-state index contributed by atoms with van der Waals surface area (Å²) in [5, 5.41) is 8.73. The summed E-state index contributed by atoms with van der Waals surface area (Å²) in [4.78, 5) is 4.26. The molecule has 0 fully saturated rings. The molecule has 0 N–H and O–H groups in total. The summed E-state index contributed by atoms with van der Waals surface area (Å²) < 4.78 is 7.29. The molecule has 2 aromatic heterocycles. The van der Waals surface area contributed by atoms with E-state index in [1.54, 1.807) is 7.11 Å². The van der Waals surface area contributed by atoms with E-state index in [9.17, 15) is 0 Å². The van der Waals surface area contributed by atoms with Crippen LogP contribution in [0.4, 0.5) is 0 Å². The van der Waals surface area contributed by atoms with E-state index >= 15 is 0 Å². The van der Waals surface area contributed by atoms with Crippen LogP contribution in [0.15, 0.2) is 24.3 Å². The highest BCUT2D eigenvalue weighted by Gasteiger charge is 2.17. The van der Waals surface area contributed by atoms with Crippen molar-refractivity contribution in [1.29, 1.82) is 0 Å². The average Bonchev–Trinajstić information content (AvgIpc) is 2.90. The summed E-state index contributed by atoms with van der Waals surface area (Å²) in [5.41, 5.74) is 3.22. The van der Waals surface area contributed by atoms with E-state index in [4.69, 9.17) is 16.3 Å². The fourth-order valence-corrected chi connectivity index (χ4v) is 2.43. The molecule has 1 aromatic carbocycles. The van der Waals surface area contributed by atoms with Crippen LogP contribution in [-0.2, 0) is 0 Å². The third kappa shape index (κ3) is 1.82. The zero-order valence-corrected chi connectivity index (χ0v) is 12.1. The highest BCUT2D eigenvalue weighted by Crippen LogP contribution is 2.30. The molecule has 6 heteroatoms. The van der Waals surface area contributed by atoms with Crippen LogP contribution < -0.4 is 4.74 Å². The van der Waals surface area contributed by atoms with Crippen LogP contribution in [0.1, 0.15) is 11.4 Å². The Kier molecular flexibility index (Phi) is 3.06. The topological polar surface area (TPSA) is 52.3 Å². The lowest BCUT2D eigenvalue weighted by molar-refractivity contribution is 0.416. The van der Waals surface area contributed by atoms with Gasteiger partial charge < -0.3 is 4.74 Å². The first-order valence-corrected chi connectivity index (χ1v) is 6.52. The van der Waals surface area contributed by atoms with E-state index in [-0.39, 0.29) is 0 Å². The van der Waals surface area contributed by atoms with Gasteiger partial charge in [0.05, 0.1) is 18.4 Å². The van der Waals surface area contributed by atoms with E-state index in [0.717, 1.165) is 22.7 Å². The van der Waals surface area contributed by atoms with Gasteiger partial charge in [-0.3, -0.25) is 4.40 Å². The molecule has 0 radical (unpaired) electrons. The van der Waals surface area contributed by atoms with E-state index in [1.165, 1.54) is 0 Å². The number of nitrogens with zero attached hydrogens (tertiary/aromatic N) is 4. The third-order valence-corrected chi connectivity index (χ3v) is 3.57. The molecule has 0 atom stereocenters. The first kappa shape index (κ1) is 12.9. The van der Waals surface area contributed by atoms with Crippen LogP contribution in [-0.4, -0.2) is 26.7 Å². The largest absolute Gasteiger partial charge is 0.496 e. The quantitative estimate of drug-likeness (QED) is 0.727. The van der Waals surface area contributed by atoms with Crippen molar-refractivity contribution in [1.82, 2.24) is 19.6 Å². The third-order valence-electron chi connectivity index (χ3n) is 3.32. The second-order valence-corrected chi connectivity index (χ2v) is 4.81. The molecular weight excluding hydrogens is 276 g/mol. The van der Waals surface area contributed by atoms with Gasteiger partial charge in [-0.15, -0.1) is 10.2 Å². The highest BCUT2D eigenvalue weighted by atomic mass is 35.5. The van der Waals surface area contributed by atoms with Crippen LogP contribution in [0.2, 0.25) is 5.15 Å². The van der Waals surface area contributed by atoms with Gasteiger partial charge in [-0.05, 0) is 26.0 Å². The van der Waals surface area contributed by atoms with Gasteiger partial charge in [0.15, 0.2) is 16.6 Å². The van der Waals surface area contributed by atoms with Gasteiger partial charge in [0, 0.05) is 5.69 Å². The van der Waals surface area contributed by atoms with Crippen molar-refractivity contribution < 1.29 is 4.74 Å². The van der Waals surface area contributed by atoms with Crippen LogP contribution in [0.25, 0.3) is 17.0 Å². The molecule has 3 rings (SSSR count). The van der Waals surface area contributed by atoms with Gasteiger partial charge >= 0.3 is 0 Å². The van der Waals surface area contributed by atoms with Crippen molar-refractivity contribution in [3.8, 4) is 17.1 Å². The van der Waals surface area contributed by atoms with Gasteiger partial charge in [-0.25, -0.2) is 4.98 Å². The Labute approximate surface area is 121 Å². The maximum atomic E-state index is 6.14. The van der Waals surface area contributed by atoms with E-state index in [1.807, 2.05) is 42.5 Å². The van der Waals surface area contributed by atoms with Crippen molar-refractivity contribution in [3.05, 3.63) is 40.8 Å². The van der Waals surface area contributed by atoms with Crippen LogP contribution >= 0.6 is 11.6 Å². The molecule has 2 heterocycles. The number of para-hydroxylation sites is 1. The minimum atomic E-state index is 0.349. The Hall–Kier alpha value is -2.14. The second-order valence-electron chi connectivity index (χ2n) is 4.46. The number of hydrogen-bond donors (Lipinski definition) is 0. The molecule has 0 spiro atoms. The fourth-order valence-electron chi connectivity index (χ4n) is 2.18. The van der Waals surface area contributed by atoms with E-state index in [2.05, 4.69) is 15.2 Å². The monoisotopic (exact) mass is 288 g/mol. The second kappa shape index (κ2) is 4.76. The Bertz CT molecular complexity index is 797. The van der Waals surface area contributed by atoms with Crippen molar-refractivity contribution >= 4 is 17.2 Å². The van der Waals surface area contributed by atoms with Crippen LogP contribution in [0.3, 0.4) is 0 Å². The van der Waals surface area contributed by atoms with Gasteiger partial charge in [0.2, 0.25) is 0 Å². The maximum absolute atomic E-state index is 6.14. The fraction of sp³-hybridized carbons (Fsp3) is 0.214. The molecule has 0 unspecified atom stereocenters. The molecule has 0 bridgehead atoms. The van der Waals surface area contributed by atoms with Crippen LogP contribution in [0, 0.1) is 13.8 Å². The average molecular weight is 289 g/mol. The first-order chi connectivity index (χ1) is 9.63. The Morgan fingerprint density at radius 2 is 1.90 bits per heavy atom. The molecule has 0 saturated heterocycles. The molecule has 5 nitrogen and oxygen atoms in total. The molecule has 0 saturated carbocycles. The summed E-state index contributed by atoms with van der Waals surface area (Å²) in [6.07, 6.45) is 0. The number of benzene rings is 1. The molecule has 0 aliphatic heterocycles. The predicted molar refractivity (Wildman–Crippen MR) is 77.3 cm³/mol. The minimum absolute atomic E-state index is 0.349. The smallest absolute Gasteiger partial charge is 0.199 e. The summed E-state index contributed by atoms with van der Waals surface area (Å²) in [5.74, 6) is 1.44. The number of fused-ring (bicyclic) bond motifs is 1. The van der Waals surface area contributed by atoms with Gasteiger partial charge in [-0.1, -0.05) is 23.7 Å². The summed E-state index contributed by atoms with van der Waals surface area (Å²) >= 11 is 6.14. The molecule has 0 amide bonds. The molecule has 3 aromatic rings. The number of aromatic nitrogens is 4. The first-order valence-electron chi connectivity index (χ1n) is 6.14. The predicted octanol–water partition coefficient (Wildman–Crippen LogP) is 3.07. The SMILES string of the molecule is COc1ccccc1-c1nnc2c(Cl)nc(C)c(C)n12. The number of methoxy groups -OCH3 is 1. The van der Waals surface area contributed by atoms with Crippen LogP contribution in [0.5, 0.6) is 5.75 Å². The normalized spacial score (nSPS) is 11.0. The summed E-state index contributed by atoms with van der Waals surface area (Å²) in [6.45, 7) is 3.88. The van der Waals surface area contributed by atoms with Gasteiger partial charge in [0.1, 0.15) is 5.75 Å². The number of rotatable bonds is 2. The van der Waals surface area contributed by atoms with Gasteiger partial charge in [0.25, 0.3) is 0 Å². The zero-order chi connectivity index (χ0) is 14.3. The lowest BCUT2D eigenvalue weighted by atomic mass is 10.2. The standard InChI is InChI=1S/C14H13ClN4O/c1-8-9(2)19-13(17-18-14(19)12(15)16-8)10-6-4-5-7-11(10)20-3/h4-7H,1-3H3. The Morgan fingerprint density at radius 1 is 1.15 bits per heavy atom. The molecule has 0 aliphatic rings. The molecular formula is C14H13ClN4O.